The van der Waals surface area contributed by atoms with Gasteiger partial charge >= 0.3 is 0 Å². The molecule has 0 aliphatic rings. The lowest BCUT2D eigenvalue weighted by molar-refractivity contribution is 0.102. The molecule has 1 unspecified atom stereocenters. The first-order valence-electron chi connectivity index (χ1n) is 4.67. The van der Waals surface area contributed by atoms with Crippen molar-refractivity contribution >= 4 is 0 Å². The van der Waals surface area contributed by atoms with Gasteiger partial charge in [0.1, 0.15) is 0 Å². The molecule has 0 aliphatic carbocycles. The summed E-state index contributed by atoms with van der Waals surface area (Å²) in [6.45, 7) is 8.29. The molecule has 2 heteroatoms. The van der Waals surface area contributed by atoms with Gasteiger partial charge in [-0.05, 0) is 24.7 Å². The molecule has 1 radical (unpaired) electrons. The van der Waals surface area contributed by atoms with E-state index >= 15 is 0 Å². The average Bonchev–Trinajstić information content (AvgIpc) is 2.03. The van der Waals surface area contributed by atoms with E-state index in [4.69, 9.17) is 9.84 Å². The van der Waals surface area contributed by atoms with Crippen LogP contribution in [0.5, 0.6) is 0 Å². The molecular formula is C10H21O2. The van der Waals surface area contributed by atoms with Crippen molar-refractivity contribution in [3.63, 3.8) is 0 Å². The SMILES string of the molecule is C[C](C)C(C)COCCCCO. The van der Waals surface area contributed by atoms with Crippen molar-refractivity contribution in [1.82, 2.24) is 0 Å². The van der Waals surface area contributed by atoms with E-state index in [-0.39, 0.29) is 6.61 Å². The van der Waals surface area contributed by atoms with Crippen LogP contribution in [0, 0.1) is 11.8 Å². The molecule has 0 saturated heterocycles. The van der Waals surface area contributed by atoms with Crippen molar-refractivity contribution in [2.45, 2.75) is 33.6 Å². The Balaban J connectivity index is 3.08. The van der Waals surface area contributed by atoms with Crippen LogP contribution in [0.25, 0.3) is 0 Å². The zero-order valence-electron chi connectivity index (χ0n) is 8.47. The van der Waals surface area contributed by atoms with Crippen molar-refractivity contribution in [3.8, 4) is 0 Å². The molecule has 0 aromatic heterocycles. The van der Waals surface area contributed by atoms with Crippen molar-refractivity contribution < 1.29 is 9.84 Å². The van der Waals surface area contributed by atoms with Crippen LogP contribution in [0.15, 0.2) is 0 Å². The molecule has 0 amide bonds. The third-order valence-corrected chi connectivity index (χ3v) is 2.05. The lowest BCUT2D eigenvalue weighted by Crippen LogP contribution is -2.11. The summed E-state index contributed by atoms with van der Waals surface area (Å²) < 4.78 is 5.43. The Bertz CT molecular complexity index is 91.8. The first-order chi connectivity index (χ1) is 5.68. The largest absolute Gasteiger partial charge is 0.396 e. The highest BCUT2D eigenvalue weighted by Crippen LogP contribution is 2.11. The zero-order valence-corrected chi connectivity index (χ0v) is 8.47. The summed E-state index contributed by atoms with van der Waals surface area (Å²) in [7, 11) is 0. The van der Waals surface area contributed by atoms with Gasteiger partial charge in [0.25, 0.3) is 0 Å². The summed E-state index contributed by atoms with van der Waals surface area (Å²) in [6.07, 6.45) is 1.81. The monoisotopic (exact) mass is 173 g/mol. The van der Waals surface area contributed by atoms with Gasteiger partial charge < -0.3 is 9.84 Å². The van der Waals surface area contributed by atoms with Crippen LogP contribution >= 0.6 is 0 Å². The van der Waals surface area contributed by atoms with Crippen LogP contribution in [-0.2, 0) is 4.74 Å². The Labute approximate surface area is 75.9 Å². The maximum absolute atomic E-state index is 8.50. The fraction of sp³-hybridized carbons (Fsp3) is 0.900. The molecule has 0 aliphatic heterocycles. The summed E-state index contributed by atoms with van der Waals surface area (Å²) in [5.41, 5.74) is 0. The molecule has 0 spiro atoms. The lowest BCUT2D eigenvalue weighted by Gasteiger charge is -2.14. The minimum Gasteiger partial charge on any atom is -0.396 e. The summed E-state index contributed by atoms with van der Waals surface area (Å²) in [5, 5.41) is 8.50. The van der Waals surface area contributed by atoms with E-state index in [2.05, 4.69) is 20.8 Å². The normalized spacial score (nSPS) is 13.8. The van der Waals surface area contributed by atoms with Gasteiger partial charge in [-0.1, -0.05) is 20.8 Å². The van der Waals surface area contributed by atoms with Crippen molar-refractivity contribution in [1.29, 1.82) is 0 Å². The molecule has 0 rings (SSSR count). The predicted molar refractivity (Wildman–Crippen MR) is 50.9 cm³/mol. The van der Waals surface area contributed by atoms with Crippen molar-refractivity contribution in [2.75, 3.05) is 19.8 Å². The van der Waals surface area contributed by atoms with E-state index in [9.17, 15) is 0 Å². The number of ether oxygens (including phenoxy) is 1. The van der Waals surface area contributed by atoms with Crippen LogP contribution < -0.4 is 0 Å². The van der Waals surface area contributed by atoms with Gasteiger partial charge in [-0.15, -0.1) is 0 Å². The summed E-state index contributed by atoms with van der Waals surface area (Å²) in [5.74, 6) is 1.97. The van der Waals surface area contributed by atoms with Gasteiger partial charge in [0, 0.05) is 19.8 Å². The fourth-order valence-corrected chi connectivity index (χ4v) is 0.743. The third-order valence-electron chi connectivity index (χ3n) is 2.05. The molecule has 73 valence electrons. The molecule has 0 bridgehead atoms. The topological polar surface area (TPSA) is 29.5 Å². The molecule has 12 heavy (non-hydrogen) atoms. The van der Waals surface area contributed by atoms with E-state index in [1.807, 2.05) is 0 Å². The van der Waals surface area contributed by atoms with E-state index < -0.39 is 0 Å². The second kappa shape index (κ2) is 7.56. The van der Waals surface area contributed by atoms with Crippen LogP contribution in [-0.4, -0.2) is 24.9 Å². The first-order valence-corrected chi connectivity index (χ1v) is 4.67. The quantitative estimate of drug-likeness (QED) is 0.597. The molecule has 0 heterocycles. The molecule has 0 fully saturated rings. The molecule has 0 saturated carbocycles. The highest BCUT2D eigenvalue weighted by molar-refractivity contribution is 4.83. The maximum Gasteiger partial charge on any atom is 0.0496 e. The number of hydrogen-bond acceptors (Lipinski definition) is 2. The summed E-state index contributed by atoms with van der Waals surface area (Å²) >= 11 is 0. The van der Waals surface area contributed by atoms with Crippen LogP contribution in [0.3, 0.4) is 0 Å². The highest BCUT2D eigenvalue weighted by atomic mass is 16.5. The first kappa shape index (κ1) is 11.9. The van der Waals surface area contributed by atoms with Crippen molar-refractivity contribution in [3.05, 3.63) is 5.92 Å². The van der Waals surface area contributed by atoms with Gasteiger partial charge in [0.2, 0.25) is 0 Å². The molecule has 1 N–H and O–H groups in total. The number of unbranched alkanes of at least 4 members (excludes halogenated alkanes) is 1. The lowest BCUT2D eigenvalue weighted by atomic mass is 9.99. The van der Waals surface area contributed by atoms with Crippen LogP contribution in [0.1, 0.15) is 33.6 Å². The average molecular weight is 173 g/mol. The third kappa shape index (κ3) is 6.62. The molecule has 0 aromatic carbocycles. The van der Waals surface area contributed by atoms with E-state index in [0.29, 0.717) is 5.92 Å². The maximum atomic E-state index is 8.50. The fourth-order valence-electron chi connectivity index (χ4n) is 0.743. The van der Waals surface area contributed by atoms with Crippen LogP contribution in [0.2, 0.25) is 0 Å². The van der Waals surface area contributed by atoms with E-state index in [0.717, 1.165) is 26.1 Å². The molecule has 2 nitrogen and oxygen atoms in total. The van der Waals surface area contributed by atoms with Gasteiger partial charge in [-0.2, -0.15) is 0 Å². The minimum absolute atomic E-state index is 0.276. The Hall–Kier alpha value is -0.0800. The number of aliphatic hydroxyl groups excluding tert-OH is 1. The highest BCUT2D eigenvalue weighted by Gasteiger charge is 2.06. The second-order valence-electron chi connectivity index (χ2n) is 3.48. The molecular weight excluding hydrogens is 152 g/mol. The Kier molecular flexibility index (Phi) is 7.51. The van der Waals surface area contributed by atoms with Gasteiger partial charge in [0.05, 0.1) is 0 Å². The van der Waals surface area contributed by atoms with Crippen LogP contribution in [0.4, 0.5) is 0 Å². The smallest absolute Gasteiger partial charge is 0.0496 e. The molecule has 1 atom stereocenters. The number of aliphatic hydroxyl groups is 1. The van der Waals surface area contributed by atoms with Gasteiger partial charge in [-0.3, -0.25) is 0 Å². The van der Waals surface area contributed by atoms with Gasteiger partial charge in [-0.25, -0.2) is 0 Å². The Morgan fingerprint density at radius 3 is 2.50 bits per heavy atom. The summed E-state index contributed by atoms with van der Waals surface area (Å²) in [6, 6.07) is 0. The standard InChI is InChI=1S/C10H21O2/c1-9(2)10(3)8-12-7-5-4-6-11/h10-11H,4-8H2,1-3H3. The van der Waals surface area contributed by atoms with E-state index in [1.165, 1.54) is 5.92 Å². The van der Waals surface area contributed by atoms with E-state index in [1.54, 1.807) is 0 Å². The number of rotatable bonds is 7. The molecule has 0 aromatic rings. The predicted octanol–water partition coefficient (Wildman–Crippen LogP) is 2.03. The summed E-state index contributed by atoms with van der Waals surface area (Å²) in [4.78, 5) is 0. The minimum atomic E-state index is 0.276. The van der Waals surface area contributed by atoms with Crippen molar-refractivity contribution in [2.24, 2.45) is 5.92 Å². The second-order valence-corrected chi connectivity index (χ2v) is 3.48. The number of hydrogen-bond donors (Lipinski definition) is 1. The van der Waals surface area contributed by atoms with Gasteiger partial charge in [0.15, 0.2) is 0 Å². The zero-order chi connectivity index (χ0) is 9.40. The Morgan fingerprint density at radius 2 is 2.00 bits per heavy atom. The Morgan fingerprint density at radius 1 is 1.33 bits per heavy atom.